The maximum absolute atomic E-state index is 13.0. The van der Waals surface area contributed by atoms with Crippen molar-refractivity contribution < 1.29 is 24.2 Å². The first-order valence-electron chi connectivity index (χ1n) is 13.4. The third kappa shape index (κ3) is 5.95. The quantitative estimate of drug-likeness (QED) is 0.186. The van der Waals surface area contributed by atoms with E-state index in [2.05, 4.69) is 20.7 Å². The molecular weight excluding hydrogens is 536 g/mol. The number of imide groups is 1. The number of aromatic nitrogens is 3. The number of methoxy groups -OCH3 is 1. The fourth-order valence-corrected chi connectivity index (χ4v) is 5.13. The molecule has 0 aliphatic carbocycles. The molecule has 0 saturated carbocycles. The van der Waals surface area contributed by atoms with Gasteiger partial charge in [0.15, 0.2) is 0 Å². The summed E-state index contributed by atoms with van der Waals surface area (Å²) in [5, 5.41) is 19.8. The number of carbonyl (C=O) groups is 3. The minimum atomic E-state index is -1.28. The molecule has 1 aliphatic rings. The van der Waals surface area contributed by atoms with Gasteiger partial charge in [0.2, 0.25) is 6.41 Å². The Morgan fingerprint density at radius 3 is 2.50 bits per heavy atom. The number of benzene rings is 2. The van der Waals surface area contributed by atoms with Crippen LogP contribution in [0.5, 0.6) is 11.5 Å². The Kier molecular flexibility index (Phi) is 7.92. The summed E-state index contributed by atoms with van der Waals surface area (Å²) < 4.78 is 6.95. The lowest BCUT2D eigenvalue weighted by Gasteiger charge is -2.31. The number of pyridine rings is 1. The van der Waals surface area contributed by atoms with E-state index in [9.17, 15) is 19.5 Å². The fraction of sp³-hybridized carbons (Fsp3) is 0.258. The minimum absolute atomic E-state index is 0.0105. The summed E-state index contributed by atoms with van der Waals surface area (Å²) >= 11 is 0. The highest BCUT2D eigenvalue weighted by molar-refractivity contribution is 6.07. The van der Waals surface area contributed by atoms with Gasteiger partial charge >= 0.3 is 6.03 Å². The van der Waals surface area contributed by atoms with Crippen molar-refractivity contribution in [1.82, 2.24) is 30.3 Å². The molecule has 2 aromatic heterocycles. The average Bonchev–Trinajstić information content (AvgIpc) is 3.54. The van der Waals surface area contributed by atoms with Gasteiger partial charge in [0.25, 0.3) is 5.91 Å². The molecule has 11 heteroatoms. The fourth-order valence-electron chi connectivity index (χ4n) is 5.13. The van der Waals surface area contributed by atoms with Crippen molar-refractivity contribution in [1.29, 1.82) is 0 Å². The number of carbonyl (C=O) groups excluding carboxylic acids is 3. The topological polar surface area (TPSA) is 139 Å². The number of rotatable bonds is 11. The van der Waals surface area contributed by atoms with Crippen LogP contribution in [0.3, 0.4) is 0 Å². The van der Waals surface area contributed by atoms with Crippen LogP contribution in [0.2, 0.25) is 0 Å². The zero-order valence-electron chi connectivity index (χ0n) is 23.6. The molecule has 1 saturated heterocycles. The highest BCUT2D eigenvalue weighted by Crippen LogP contribution is 2.31. The molecule has 0 spiro atoms. The summed E-state index contributed by atoms with van der Waals surface area (Å²) in [6.07, 6.45) is 4.98. The van der Waals surface area contributed by atoms with Crippen molar-refractivity contribution in [3.63, 3.8) is 0 Å². The molecule has 42 heavy (non-hydrogen) atoms. The molecule has 3 N–H and O–H groups in total. The number of amides is 4. The number of nitrogens with one attached hydrogen (secondary N) is 2. The summed E-state index contributed by atoms with van der Waals surface area (Å²) in [6, 6.07) is 15.8. The monoisotopic (exact) mass is 568 g/mol. The minimum Gasteiger partial charge on any atom is -0.506 e. The molecule has 0 radical (unpaired) electrons. The molecule has 0 unspecified atom stereocenters. The van der Waals surface area contributed by atoms with Crippen molar-refractivity contribution in [3.05, 3.63) is 83.7 Å². The lowest BCUT2D eigenvalue weighted by molar-refractivity contribution is -0.127. The second kappa shape index (κ2) is 11.7. The van der Waals surface area contributed by atoms with Crippen molar-refractivity contribution >= 4 is 18.3 Å². The first-order valence-corrected chi connectivity index (χ1v) is 13.4. The lowest BCUT2D eigenvalue weighted by Crippen LogP contribution is -2.55. The first-order chi connectivity index (χ1) is 20.2. The van der Waals surface area contributed by atoms with E-state index in [4.69, 9.17) is 4.74 Å². The van der Waals surface area contributed by atoms with Crippen molar-refractivity contribution in [2.45, 2.75) is 31.8 Å². The van der Waals surface area contributed by atoms with Crippen LogP contribution in [0.1, 0.15) is 23.1 Å². The van der Waals surface area contributed by atoms with E-state index in [-0.39, 0.29) is 25.3 Å². The van der Waals surface area contributed by atoms with Crippen molar-refractivity contribution in [3.8, 4) is 34.0 Å². The largest absolute Gasteiger partial charge is 0.506 e. The van der Waals surface area contributed by atoms with Gasteiger partial charge in [0, 0.05) is 30.9 Å². The molecule has 3 heterocycles. The van der Waals surface area contributed by atoms with Crippen LogP contribution >= 0.6 is 0 Å². The van der Waals surface area contributed by atoms with Crippen LogP contribution in [0.4, 0.5) is 4.79 Å². The predicted molar refractivity (Wildman–Crippen MR) is 155 cm³/mol. The molecular formula is C31H32N6O5. The number of hydrogen-bond donors (Lipinski definition) is 3. The van der Waals surface area contributed by atoms with E-state index in [0.717, 1.165) is 27.8 Å². The van der Waals surface area contributed by atoms with E-state index in [0.29, 0.717) is 30.0 Å². The normalized spacial score (nSPS) is 16.2. The van der Waals surface area contributed by atoms with E-state index >= 15 is 0 Å². The zero-order chi connectivity index (χ0) is 29.9. The summed E-state index contributed by atoms with van der Waals surface area (Å²) in [4.78, 5) is 43.4. The lowest BCUT2D eigenvalue weighted by atomic mass is 9.90. The van der Waals surface area contributed by atoms with Gasteiger partial charge in [0.05, 0.1) is 25.5 Å². The van der Waals surface area contributed by atoms with Crippen LogP contribution in [-0.2, 0) is 29.6 Å². The summed E-state index contributed by atoms with van der Waals surface area (Å²) in [7, 11) is 3.42. The average molecular weight is 569 g/mol. The van der Waals surface area contributed by atoms with E-state index in [1.807, 2.05) is 62.6 Å². The highest BCUT2D eigenvalue weighted by atomic mass is 16.5. The zero-order valence-corrected chi connectivity index (χ0v) is 23.6. The number of ether oxygens (including phenoxy) is 1. The highest BCUT2D eigenvalue weighted by Gasteiger charge is 2.47. The van der Waals surface area contributed by atoms with E-state index < -0.39 is 17.5 Å². The molecule has 0 bridgehead atoms. The Morgan fingerprint density at radius 2 is 1.88 bits per heavy atom. The Bertz CT molecular complexity index is 1630. The van der Waals surface area contributed by atoms with Crippen LogP contribution in [0, 0.1) is 6.92 Å². The molecule has 4 aromatic rings. The first kappa shape index (κ1) is 28.3. The summed E-state index contributed by atoms with van der Waals surface area (Å²) in [5.41, 5.74) is 4.18. The van der Waals surface area contributed by atoms with E-state index in [1.54, 1.807) is 30.1 Å². The predicted octanol–water partition coefficient (Wildman–Crippen LogP) is 3.34. The van der Waals surface area contributed by atoms with Gasteiger partial charge < -0.3 is 20.1 Å². The summed E-state index contributed by atoms with van der Waals surface area (Å²) in [5.74, 6) is 0.301. The van der Waals surface area contributed by atoms with E-state index in [1.165, 1.54) is 4.90 Å². The molecule has 1 fully saturated rings. The Balaban J connectivity index is 1.31. The van der Waals surface area contributed by atoms with Crippen LogP contribution in [0.25, 0.3) is 22.5 Å². The van der Waals surface area contributed by atoms with Crippen LogP contribution < -0.4 is 15.4 Å². The maximum atomic E-state index is 13.0. The number of aromatic hydroxyl groups is 1. The molecule has 4 amide bonds. The second-order valence-corrected chi connectivity index (χ2v) is 10.5. The third-order valence-corrected chi connectivity index (χ3v) is 7.50. The van der Waals surface area contributed by atoms with Crippen molar-refractivity contribution in [2.75, 3.05) is 13.7 Å². The number of hydrogen-bond acceptors (Lipinski definition) is 7. The maximum Gasteiger partial charge on any atom is 0.322 e. The standard InChI is InChI=1S/C31H32N6O5/c1-20-14-25(42-3)9-8-23(20)17-37(19-38)18-31(29(40)34-30(41)35-31)13-12-21-4-6-22(7-5-21)28-27(39)11-10-26(33-28)24-15-32-36(2)16-24/h4-11,14-16,19,39H,12-13,17-18H2,1-3H3,(H2,34,35,40,41)/t31-/m1/s1. The Hall–Kier alpha value is -5.19. The van der Waals surface area contributed by atoms with Crippen molar-refractivity contribution in [2.24, 2.45) is 7.05 Å². The van der Waals surface area contributed by atoms with Gasteiger partial charge in [-0.1, -0.05) is 30.3 Å². The Morgan fingerprint density at radius 1 is 1.10 bits per heavy atom. The number of urea groups is 1. The molecule has 11 nitrogen and oxygen atoms in total. The smallest absolute Gasteiger partial charge is 0.322 e. The SMILES string of the molecule is COc1ccc(CN(C=O)C[C@@]2(CCc3ccc(-c4nc(-c5cnn(C)c5)ccc4O)cc3)NC(=O)NC2=O)c(C)c1. The Labute approximate surface area is 243 Å². The van der Waals surface area contributed by atoms with Gasteiger partial charge in [-0.3, -0.25) is 19.6 Å². The summed E-state index contributed by atoms with van der Waals surface area (Å²) in [6.45, 7) is 2.21. The molecule has 1 atom stereocenters. The molecule has 5 rings (SSSR count). The van der Waals surface area contributed by atoms with Crippen LogP contribution in [0.15, 0.2) is 67.0 Å². The molecule has 2 aromatic carbocycles. The van der Waals surface area contributed by atoms with Crippen LogP contribution in [-0.4, -0.2) is 62.3 Å². The van der Waals surface area contributed by atoms with Gasteiger partial charge in [-0.15, -0.1) is 0 Å². The number of nitrogens with zero attached hydrogens (tertiary/aromatic N) is 4. The second-order valence-electron chi connectivity index (χ2n) is 10.5. The van der Waals surface area contributed by atoms with Gasteiger partial charge in [-0.2, -0.15) is 5.10 Å². The number of aryl methyl sites for hydroxylation is 3. The molecule has 1 aliphatic heterocycles. The third-order valence-electron chi connectivity index (χ3n) is 7.50. The van der Waals surface area contributed by atoms with Gasteiger partial charge in [-0.05, 0) is 60.7 Å². The van der Waals surface area contributed by atoms with Gasteiger partial charge in [-0.25, -0.2) is 9.78 Å². The molecule has 216 valence electrons. The van der Waals surface area contributed by atoms with Gasteiger partial charge in [0.1, 0.15) is 22.7 Å².